The minimum absolute atomic E-state index is 0.0272. The Morgan fingerprint density at radius 2 is 1.94 bits per heavy atom. The summed E-state index contributed by atoms with van der Waals surface area (Å²) in [5.41, 5.74) is 8.07. The van der Waals surface area contributed by atoms with E-state index >= 15 is 0 Å². The average molecular weight is 306 g/mol. The van der Waals surface area contributed by atoms with Crippen LogP contribution in [0.1, 0.15) is 24.1 Å². The molecule has 2 rings (SSSR count). The second kappa shape index (κ2) is 6.03. The monoisotopic (exact) mass is 305 g/mol. The number of nitrogens with two attached hydrogens (primary N) is 1. The van der Waals surface area contributed by atoms with Gasteiger partial charge in [0, 0.05) is 10.5 Å². The van der Waals surface area contributed by atoms with Crippen LogP contribution in [0.25, 0.3) is 0 Å². The maximum atomic E-state index is 5.85. The van der Waals surface area contributed by atoms with Crippen molar-refractivity contribution in [1.82, 2.24) is 0 Å². The van der Waals surface area contributed by atoms with Crippen LogP contribution >= 0.6 is 15.9 Å². The fraction of sp³-hybridized carbons (Fsp3) is 0.200. The molecule has 1 unspecified atom stereocenters. The molecule has 2 aromatic carbocycles. The second-order valence-corrected chi connectivity index (χ2v) is 5.20. The molecule has 0 spiro atoms. The Labute approximate surface area is 116 Å². The molecule has 2 aromatic rings. The predicted molar refractivity (Wildman–Crippen MR) is 77.5 cm³/mol. The Kier molecular flexibility index (Phi) is 4.39. The van der Waals surface area contributed by atoms with Gasteiger partial charge in [-0.1, -0.05) is 40.2 Å². The zero-order valence-corrected chi connectivity index (χ0v) is 11.9. The van der Waals surface area contributed by atoms with Crippen molar-refractivity contribution in [2.24, 2.45) is 5.73 Å². The summed E-state index contributed by atoms with van der Waals surface area (Å²) in [6, 6.07) is 16.0. The van der Waals surface area contributed by atoms with Gasteiger partial charge in [-0.25, -0.2) is 0 Å². The van der Waals surface area contributed by atoms with Gasteiger partial charge in [-0.05, 0) is 42.3 Å². The third-order valence-electron chi connectivity index (χ3n) is 2.68. The van der Waals surface area contributed by atoms with E-state index in [1.54, 1.807) is 0 Å². The van der Waals surface area contributed by atoms with Gasteiger partial charge < -0.3 is 10.5 Å². The van der Waals surface area contributed by atoms with Crippen molar-refractivity contribution in [1.29, 1.82) is 0 Å². The highest BCUT2D eigenvalue weighted by molar-refractivity contribution is 9.10. The number of hydrogen-bond acceptors (Lipinski definition) is 2. The van der Waals surface area contributed by atoms with Gasteiger partial charge in [-0.2, -0.15) is 0 Å². The Balaban J connectivity index is 2.04. The second-order valence-electron chi connectivity index (χ2n) is 4.28. The van der Waals surface area contributed by atoms with Gasteiger partial charge in [0.1, 0.15) is 12.4 Å². The van der Waals surface area contributed by atoms with Crippen LogP contribution in [0, 0.1) is 0 Å². The molecule has 0 aliphatic carbocycles. The summed E-state index contributed by atoms with van der Waals surface area (Å²) in [7, 11) is 0. The molecular weight excluding hydrogens is 290 g/mol. The Morgan fingerprint density at radius 1 is 1.17 bits per heavy atom. The van der Waals surface area contributed by atoms with Crippen LogP contribution in [0.2, 0.25) is 0 Å². The molecule has 2 N–H and O–H groups in total. The van der Waals surface area contributed by atoms with E-state index in [0.29, 0.717) is 6.61 Å². The maximum Gasteiger partial charge on any atom is 0.120 e. The van der Waals surface area contributed by atoms with Crippen LogP contribution in [0.15, 0.2) is 53.0 Å². The minimum atomic E-state index is 0.0272. The van der Waals surface area contributed by atoms with Crippen molar-refractivity contribution in [3.63, 3.8) is 0 Å². The SMILES string of the molecule is CC(N)c1cccc(OCc2cccc(Br)c2)c1. The molecule has 0 bridgehead atoms. The molecule has 0 aliphatic heterocycles. The largest absolute Gasteiger partial charge is 0.489 e. The van der Waals surface area contributed by atoms with Crippen molar-refractivity contribution < 1.29 is 4.74 Å². The van der Waals surface area contributed by atoms with Crippen molar-refractivity contribution in [3.8, 4) is 5.75 Å². The van der Waals surface area contributed by atoms with Crippen LogP contribution in [-0.2, 0) is 6.61 Å². The topological polar surface area (TPSA) is 35.2 Å². The van der Waals surface area contributed by atoms with Crippen LogP contribution in [0.5, 0.6) is 5.75 Å². The fourth-order valence-electron chi connectivity index (χ4n) is 1.68. The van der Waals surface area contributed by atoms with Gasteiger partial charge in [-0.15, -0.1) is 0 Å². The third kappa shape index (κ3) is 3.59. The van der Waals surface area contributed by atoms with Crippen molar-refractivity contribution in [2.45, 2.75) is 19.6 Å². The minimum Gasteiger partial charge on any atom is -0.489 e. The number of ether oxygens (including phenoxy) is 1. The van der Waals surface area contributed by atoms with Gasteiger partial charge in [-0.3, -0.25) is 0 Å². The first-order chi connectivity index (χ1) is 8.65. The predicted octanol–water partition coefficient (Wildman–Crippen LogP) is 4.05. The summed E-state index contributed by atoms with van der Waals surface area (Å²) in [6.45, 7) is 2.52. The molecule has 18 heavy (non-hydrogen) atoms. The van der Waals surface area contributed by atoms with Crippen LogP contribution in [0.4, 0.5) is 0 Å². The molecule has 94 valence electrons. The third-order valence-corrected chi connectivity index (χ3v) is 3.17. The fourth-order valence-corrected chi connectivity index (χ4v) is 2.13. The summed E-state index contributed by atoms with van der Waals surface area (Å²) in [5, 5.41) is 0. The van der Waals surface area contributed by atoms with Gasteiger partial charge in [0.2, 0.25) is 0 Å². The molecule has 0 saturated carbocycles. The van der Waals surface area contributed by atoms with E-state index in [0.717, 1.165) is 21.3 Å². The summed E-state index contributed by atoms with van der Waals surface area (Å²) in [6.07, 6.45) is 0. The van der Waals surface area contributed by atoms with Crippen LogP contribution < -0.4 is 10.5 Å². The Hall–Kier alpha value is -1.32. The first kappa shape index (κ1) is 13.1. The lowest BCUT2D eigenvalue weighted by molar-refractivity contribution is 0.305. The number of hydrogen-bond donors (Lipinski definition) is 1. The summed E-state index contributed by atoms with van der Waals surface area (Å²) >= 11 is 3.45. The molecular formula is C15H16BrNO. The van der Waals surface area contributed by atoms with E-state index < -0.39 is 0 Å². The molecule has 0 aromatic heterocycles. The number of rotatable bonds is 4. The summed E-state index contributed by atoms with van der Waals surface area (Å²) in [4.78, 5) is 0. The van der Waals surface area contributed by atoms with E-state index in [-0.39, 0.29) is 6.04 Å². The zero-order valence-electron chi connectivity index (χ0n) is 10.3. The number of benzene rings is 2. The van der Waals surface area contributed by atoms with E-state index in [1.165, 1.54) is 0 Å². The normalized spacial score (nSPS) is 12.2. The molecule has 2 nitrogen and oxygen atoms in total. The quantitative estimate of drug-likeness (QED) is 0.925. The van der Waals surface area contributed by atoms with Gasteiger partial charge in [0.15, 0.2) is 0 Å². The van der Waals surface area contributed by atoms with Crippen LogP contribution in [0.3, 0.4) is 0 Å². The van der Waals surface area contributed by atoms with Crippen molar-refractivity contribution in [2.75, 3.05) is 0 Å². The lowest BCUT2D eigenvalue weighted by Crippen LogP contribution is -2.05. The maximum absolute atomic E-state index is 5.85. The smallest absolute Gasteiger partial charge is 0.120 e. The Bertz CT molecular complexity index is 525. The van der Waals surface area contributed by atoms with Gasteiger partial charge in [0.05, 0.1) is 0 Å². The summed E-state index contributed by atoms with van der Waals surface area (Å²) in [5.74, 6) is 0.852. The molecule has 3 heteroatoms. The molecule has 0 fully saturated rings. The Morgan fingerprint density at radius 3 is 2.67 bits per heavy atom. The lowest BCUT2D eigenvalue weighted by Gasteiger charge is -2.10. The first-order valence-corrected chi connectivity index (χ1v) is 6.67. The van der Waals surface area contributed by atoms with Gasteiger partial charge >= 0.3 is 0 Å². The first-order valence-electron chi connectivity index (χ1n) is 5.88. The molecule has 0 amide bonds. The highest BCUT2D eigenvalue weighted by Crippen LogP contribution is 2.19. The standard InChI is InChI=1S/C15H16BrNO/c1-11(17)13-5-3-7-15(9-13)18-10-12-4-2-6-14(16)8-12/h2-9,11H,10,17H2,1H3. The molecule has 0 heterocycles. The summed E-state index contributed by atoms with van der Waals surface area (Å²) < 4.78 is 6.82. The average Bonchev–Trinajstić information content (AvgIpc) is 2.37. The van der Waals surface area contributed by atoms with E-state index in [4.69, 9.17) is 10.5 Å². The van der Waals surface area contributed by atoms with E-state index in [1.807, 2.05) is 49.4 Å². The highest BCUT2D eigenvalue weighted by Gasteiger charge is 2.01. The van der Waals surface area contributed by atoms with Gasteiger partial charge in [0.25, 0.3) is 0 Å². The molecule has 0 aliphatic rings. The number of halogens is 1. The van der Waals surface area contributed by atoms with Crippen LogP contribution in [-0.4, -0.2) is 0 Å². The highest BCUT2D eigenvalue weighted by atomic mass is 79.9. The van der Waals surface area contributed by atoms with Crippen molar-refractivity contribution >= 4 is 15.9 Å². The molecule has 0 radical (unpaired) electrons. The zero-order chi connectivity index (χ0) is 13.0. The molecule has 0 saturated heterocycles. The van der Waals surface area contributed by atoms with Crippen molar-refractivity contribution in [3.05, 3.63) is 64.1 Å². The molecule has 1 atom stereocenters. The van der Waals surface area contributed by atoms with E-state index in [9.17, 15) is 0 Å². The van der Waals surface area contributed by atoms with E-state index in [2.05, 4.69) is 22.0 Å². The lowest BCUT2D eigenvalue weighted by atomic mass is 10.1.